The summed E-state index contributed by atoms with van der Waals surface area (Å²) >= 11 is 0. The first-order valence-electron chi connectivity index (χ1n) is 6.64. The number of rotatable bonds is 3. The average Bonchev–Trinajstić information content (AvgIpc) is 2.46. The van der Waals surface area contributed by atoms with Crippen LogP contribution in [0.25, 0.3) is 0 Å². The van der Waals surface area contributed by atoms with Crippen LogP contribution in [0.15, 0.2) is 18.2 Å². The van der Waals surface area contributed by atoms with Crippen molar-refractivity contribution in [3.63, 3.8) is 0 Å². The standard InChI is InChI=1S/C14H17N3O3/c1-10(18)11-4-6-16(7-5-11)13-2-3-14(17(19)20)12(8-13)9-15/h2-3,8,10-11,18H,4-7H2,1H3. The van der Waals surface area contributed by atoms with Gasteiger partial charge in [0.1, 0.15) is 11.6 Å². The summed E-state index contributed by atoms with van der Waals surface area (Å²) in [6, 6.07) is 6.51. The van der Waals surface area contributed by atoms with Crippen molar-refractivity contribution < 1.29 is 10.0 Å². The molecule has 1 saturated heterocycles. The molecule has 2 rings (SSSR count). The molecule has 0 spiro atoms. The van der Waals surface area contributed by atoms with Crippen LogP contribution in [0.2, 0.25) is 0 Å². The van der Waals surface area contributed by atoms with E-state index in [1.807, 2.05) is 6.07 Å². The monoisotopic (exact) mass is 275 g/mol. The second-order valence-electron chi connectivity index (χ2n) is 5.14. The Labute approximate surface area is 117 Å². The number of aliphatic hydroxyl groups excluding tert-OH is 1. The zero-order chi connectivity index (χ0) is 14.7. The van der Waals surface area contributed by atoms with Gasteiger partial charge in [-0.3, -0.25) is 10.1 Å². The van der Waals surface area contributed by atoms with Gasteiger partial charge in [0.2, 0.25) is 0 Å². The van der Waals surface area contributed by atoms with Gasteiger partial charge in [0.05, 0.1) is 11.0 Å². The number of hydrogen-bond donors (Lipinski definition) is 1. The molecule has 0 bridgehead atoms. The molecule has 0 aromatic heterocycles. The highest BCUT2D eigenvalue weighted by Gasteiger charge is 2.24. The summed E-state index contributed by atoms with van der Waals surface area (Å²) in [4.78, 5) is 12.4. The van der Waals surface area contributed by atoms with Gasteiger partial charge in [0.25, 0.3) is 5.69 Å². The van der Waals surface area contributed by atoms with E-state index >= 15 is 0 Å². The van der Waals surface area contributed by atoms with E-state index in [1.54, 1.807) is 19.1 Å². The van der Waals surface area contributed by atoms with Crippen molar-refractivity contribution in [3.05, 3.63) is 33.9 Å². The Bertz CT molecular complexity index is 543. The largest absolute Gasteiger partial charge is 0.393 e. The van der Waals surface area contributed by atoms with Crippen LogP contribution in [0.5, 0.6) is 0 Å². The third-order valence-electron chi connectivity index (χ3n) is 3.88. The second-order valence-corrected chi connectivity index (χ2v) is 5.14. The molecule has 6 nitrogen and oxygen atoms in total. The number of nitro benzene ring substituents is 1. The number of aliphatic hydroxyl groups is 1. The lowest BCUT2D eigenvalue weighted by Gasteiger charge is -2.34. The van der Waals surface area contributed by atoms with Crippen LogP contribution in [0.4, 0.5) is 11.4 Å². The molecule has 1 unspecified atom stereocenters. The van der Waals surface area contributed by atoms with Gasteiger partial charge < -0.3 is 10.0 Å². The number of piperidine rings is 1. The Kier molecular flexibility index (Phi) is 4.20. The third-order valence-corrected chi connectivity index (χ3v) is 3.88. The van der Waals surface area contributed by atoms with Gasteiger partial charge in [-0.1, -0.05) is 0 Å². The molecule has 0 saturated carbocycles. The van der Waals surface area contributed by atoms with Gasteiger partial charge in [0.15, 0.2) is 0 Å². The number of anilines is 1. The minimum Gasteiger partial charge on any atom is -0.393 e. The van der Waals surface area contributed by atoms with Gasteiger partial charge in [-0.05, 0) is 37.8 Å². The van der Waals surface area contributed by atoms with Crippen LogP contribution < -0.4 is 4.90 Å². The van der Waals surface area contributed by atoms with E-state index in [4.69, 9.17) is 5.26 Å². The van der Waals surface area contributed by atoms with E-state index in [0.717, 1.165) is 31.6 Å². The minimum absolute atomic E-state index is 0.0881. The van der Waals surface area contributed by atoms with Crippen molar-refractivity contribution in [2.24, 2.45) is 5.92 Å². The van der Waals surface area contributed by atoms with Crippen molar-refractivity contribution in [1.82, 2.24) is 0 Å². The highest BCUT2D eigenvalue weighted by Crippen LogP contribution is 2.28. The van der Waals surface area contributed by atoms with Gasteiger partial charge in [0, 0.05) is 24.8 Å². The van der Waals surface area contributed by atoms with Crippen LogP contribution in [-0.2, 0) is 0 Å². The van der Waals surface area contributed by atoms with Crippen molar-refractivity contribution in [2.45, 2.75) is 25.9 Å². The molecule has 1 aromatic carbocycles. The van der Waals surface area contributed by atoms with E-state index in [2.05, 4.69) is 4.90 Å². The lowest BCUT2D eigenvalue weighted by atomic mass is 9.92. The normalized spacial score (nSPS) is 17.6. The molecule has 1 aliphatic rings. The molecule has 20 heavy (non-hydrogen) atoms. The van der Waals surface area contributed by atoms with E-state index in [9.17, 15) is 15.2 Å². The molecule has 1 aromatic rings. The summed E-state index contributed by atoms with van der Waals surface area (Å²) in [5.74, 6) is 0.305. The summed E-state index contributed by atoms with van der Waals surface area (Å²) in [7, 11) is 0. The third kappa shape index (κ3) is 2.89. The fourth-order valence-corrected chi connectivity index (χ4v) is 2.61. The molecule has 1 heterocycles. The molecule has 1 aliphatic heterocycles. The predicted octanol–water partition coefficient (Wildman–Crippen LogP) is 2.06. The number of hydrogen-bond acceptors (Lipinski definition) is 5. The fraction of sp³-hybridized carbons (Fsp3) is 0.500. The van der Waals surface area contributed by atoms with E-state index < -0.39 is 4.92 Å². The Hall–Kier alpha value is -2.13. The number of nitriles is 1. The quantitative estimate of drug-likeness (QED) is 0.673. The SMILES string of the molecule is CC(O)C1CCN(c2ccc([N+](=O)[O-])c(C#N)c2)CC1. The van der Waals surface area contributed by atoms with Crippen LogP contribution in [0.3, 0.4) is 0 Å². The Morgan fingerprint density at radius 2 is 2.15 bits per heavy atom. The van der Waals surface area contributed by atoms with Crippen molar-refractivity contribution >= 4 is 11.4 Å². The van der Waals surface area contributed by atoms with E-state index in [1.165, 1.54) is 6.07 Å². The zero-order valence-corrected chi connectivity index (χ0v) is 11.3. The fourth-order valence-electron chi connectivity index (χ4n) is 2.61. The van der Waals surface area contributed by atoms with Gasteiger partial charge in [-0.25, -0.2) is 0 Å². The van der Waals surface area contributed by atoms with E-state index in [0.29, 0.717) is 5.92 Å². The number of benzene rings is 1. The maximum atomic E-state index is 10.8. The lowest BCUT2D eigenvalue weighted by Crippen LogP contribution is -2.37. The molecule has 106 valence electrons. The average molecular weight is 275 g/mol. The van der Waals surface area contributed by atoms with Gasteiger partial charge in [-0.2, -0.15) is 5.26 Å². The molecule has 0 radical (unpaired) electrons. The Balaban J connectivity index is 2.15. The molecule has 6 heteroatoms. The van der Waals surface area contributed by atoms with Crippen LogP contribution >= 0.6 is 0 Å². The van der Waals surface area contributed by atoms with Gasteiger partial charge >= 0.3 is 0 Å². The van der Waals surface area contributed by atoms with Crippen LogP contribution in [-0.4, -0.2) is 29.2 Å². The van der Waals surface area contributed by atoms with Crippen LogP contribution in [0, 0.1) is 27.4 Å². The molecule has 1 fully saturated rings. The molecular formula is C14H17N3O3. The molecular weight excluding hydrogens is 258 g/mol. The summed E-state index contributed by atoms with van der Waals surface area (Å²) in [6.45, 7) is 3.39. The molecule has 1 N–H and O–H groups in total. The minimum atomic E-state index is -0.540. The van der Waals surface area contributed by atoms with Crippen molar-refractivity contribution in [3.8, 4) is 6.07 Å². The maximum absolute atomic E-state index is 10.8. The highest BCUT2D eigenvalue weighted by atomic mass is 16.6. The van der Waals surface area contributed by atoms with E-state index in [-0.39, 0.29) is 17.4 Å². The molecule has 1 atom stereocenters. The topological polar surface area (TPSA) is 90.4 Å². The number of nitro groups is 1. The predicted molar refractivity (Wildman–Crippen MR) is 74.4 cm³/mol. The summed E-state index contributed by atoms with van der Waals surface area (Å²) in [5.41, 5.74) is 0.761. The first kappa shape index (κ1) is 14.3. The smallest absolute Gasteiger partial charge is 0.287 e. The second kappa shape index (κ2) is 5.88. The summed E-state index contributed by atoms with van der Waals surface area (Å²) in [6.07, 6.45) is 1.47. The maximum Gasteiger partial charge on any atom is 0.287 e. The first-order chi connectivity index (χ1) is 9.52. The summed E-state index contributed by atoms with van der Waals surface area (Å²) in [5, 5.41) is 29.4. The first-order valence-corrected chi connectivity index (χ1v) is 6.64. The Morgan fingerprint density at radius 1 is 1.50 bits per heavy atom. The lowest BCUT2D eigenvalue weighted by molar-refractivity contribution is -0.385. The molecule has 0 aliphatic carbocycles. The number of nitrogens with zero attached hydrogens (tertiary/aromatic N) is 3. The highest BCUT2D eigenvalue weighted by molar-refractivity contribution is 5.60. The van der Waals surface area contributed by atoms with Crippen molar-refractivity contribution in [2.75, 3.05) is 18.0 Å². The zero-order valence-electron chi connectivity index (χ0n) is 11.3. The summed E-state index contributed by atoms with van der Waals surface area (Å²) < 4.78 is 0. The van der Waals surface area contributed by atoms with Crippen molar-refractivity contribution in [1.29, 1.82) is 5.26 Å². The Morgan fingerprint density at radius 3 is 2.65 bits per heavy atom. The van der Waals surface area contributed by atoms with Gasteiger partial charge in [-0.15, -0.1) is 0 Å². The van der Waals surface area contributed by atoms with Crippen LogP contribution in [0.1, 0.15) is 25.3 Å². The molecule has 0 amide bonds.